The molecule has 0 amide bonds. The van der Waals surface area contributed by atoms with Crippen molar-refractivity contribution in [3.63, 3.8) is 0 Å². The summed E-state index contributed by atoms with van der Waals surface area (Å²) < 4.78 is 7.12. The van der Waals surface area contributed by atoms with Gasteiger partial charge in [0.2, 0.25) is 11.8 Å². The van der Waals surface area contributed by atoms with Crippen LogP contribution in [0.25, 0.3) is 11.2 Å². The summed E-state index contributed by atoms with van der Waals surface area (Å²) in [6.07, 6.45) is 3.52. The molecule has 2 N–H and O–H groups in total. The molecule has 0 spiro atoms. The maximum Gasteiger partial charge on any atom is 0.215 e. The number of aryl methyl sites for hydroxylation is 1. The van der Waals surface area contributed by atoms with Crippen molar-refractivity contribution in [3.8, 4) is 5.88 Å². The molecule has 0 fully saturated rings. The number of imidazole rings is 1. The second-order valence-electron chi connectivity index (χ2n) is 5.21. The second kappa shape index (κ2) is 5.91. The van der Waals surface area contributed by atoms with Crippen LogP contribution in [0.4, 0.5) is 5.95 Å². The monoisotopic (exact) mass is 262 g/mol. The number of hydrogen-bond acceptors (Lipinski definition) is 4. The second-order valence-corrected chi connectivity index (χ2v) is 5.21. The molecule has 5 nitrogen and oxygen atoms in total. The lowest BCUT2D eigenvalue weighted by Crippen LogP contribution is -2.05. The van der Waals surface area contributed by atoms with Crippen molar-refractivity contribution in [1.29, 1.82) is 0 Å². The molecule has 2 heterocycles. The third kappa shape index (κ3) is 3.16. The molecule has 0 aliphatic rings. The van der Waals surface area contributed by atoms with Gasteiger partial charge in [-0.25, -0.2) is 4.98 Å². The molecule has 5 heteroatoms. The van der Waals surface area contributed by atoms with E-state index in [1.54, 1.807) is 13.2 Å². The Kier molecular flexibility index (Phi) is 4.24. The van der Waals surface area contributed by atoms with Crippen molar-refractivity contribution in [2.45, 2.75) is 39.7 Å². The Balaban J connectivity index is 2.14. The van der Waals surface area contributed by atoms with Gasteiger partial charge in [0.25, 0.3) is 0 Å². The average Bonchev–Trinajstić information content (AvgIpc) is 2.69. The van der Waals surface area contributed by atoms with Crippen LogP contribution >= 0.6 is 0 Å². The van der Waals surface area contributed by atoms with Crippen LogP contribution in [0.2, 0.25) is 0 Å². The van der Waals surface area contributed by atoms with Gasteiger partial charge in [0.15, 0.2) is 5.65 Å². The molecule has 19 heavy (non-hydrogen) atoms. The van der Waals surface area contributed by atoms with Gasteiger partial charge in [0, 0.05) is 12.6 Å². The number of pyridine rings is 1. The van der Waals surface area contributed by atoms with E-state index in [9.17, 15) is 0 Å². The van der Waals surface area contributed by atoms with Gasteiger partial charge in [-0.2, -0.15) is 4.98 Å². The minimum absolute atomic E-state index is 0.528. The van der Waals surface area contributed by atoms with E-state index in [0.29, 0.717) is 11.8 Å². The predicted octanol–water partition coefficient (Wildman–Crippen LogP) is 2.85. The summed E-state index contributed by atoms with van der Waals surface area (Å²) in [5, 5.41) is 0. The molecular weight excluding hydrogens is 240 g/mol. The van der Waals surface area contributed by atoms with E-state index in [1.165, 1.54) is 12.8 Å². The van der Waals surface area contributed by atoms with Gasteiger partial charge in [-0.05, 0) is 18.4 Å². The quantitative estimate of drug-likeness (QED) is 0.813. The number of nitrogens with zero attached hydrogens (tertiary/aromatic N) is 3. The van der Waals surface area contributed by atoms with Gasteiger partial charge in [0.05, 0.1) is 7.11 Å². The molecular formula is C14H22N4O. The Morgan fingerprint density at radius 3 is 2.74 bits per heavy atom. The lowest BCUT2D eigenvalue weighted by molar-refractivity contribution is 0.399. The van der Waals surface area contributed by atoms with Crippen LogP contribution in [0.3, 0.4) is 0 Å². The molecule has 2 aromatic heterocycles. The fraction of sp³-hybridized carbons (Fsp3) is 0.571. The zero-order chi connectivity index (χ0) is 13.8. The van der Waals surface area contributed by atoms with E-state index in [2.05, 4.69) is 23.8 Å². The molecule has 0 unspecified atom stereocenters. The number of fused-ring (bicyclic) bond motifs is 1. The lowest BCUT2D eigenvalue weighted by atomic mass is 10.1. The van der Waals surface area contributed by atoms with Gasteiger partial charge < -0.3 is 10.5 Å². The lowest BCUT2D eigenvalue weighted by Gasteiger charge is -2.07. The van der Waals surface area contributed by atoms with Crippen LogP contribution in [-0.4, -0.2) is 21.6 Å². The topological polar surface area (TPSA) is 66.0 Å². The molecule has 0 radical (unpaired) electrons. The molecule has 104 valence electrons. The van der Waals surface area contributed by atoms with Gasteiger partial charge in [-0.15, -0.1) is 0 Å². The van der Waals surface area contributed by atoms with Crippen molar-refractivity contribution in [2.24, 2.45) is 5.92 Å². The van der Waals surface area contributed by atoms with Crippen molar-refractivity contribution in [3.05, 3.63) is 12.1 Å². The number of nitrogens with two attached hydrogens (primary N) is 1. The highest BCUT2D eigenvalue weighted by Gasteiger charge is 2.10. The first-order chi connectivity index (χ1) is 9.11. The number of ether oxygens (including phenoxy) is 1. The minimum Gasteiger partial charge on any atom is -0.481 e. The van der Waals surface area contributed by atoms with Crippen LogP contribution in [0.15, 0.2) is 12.1 Å². The molecule has 0 atom stereocenters. The highest BCUT2D eigenvalue weighted by Crippen LogP contribution is 2.20. The fourth-order valence-electron chi connectivity index (χ4n) is 2.16. The molecule has 0 saturated carbocycles. The molecule has 0 aromatic carbocycles. The summed E-state index contributed by atoms with van der Waals surface area (Å²) in [6, 6.07) is 3.69. The van der Waals surface area contributed by atoms with Gasteiger partial charge in [-0.3, -0.25) is 4.57 Å². The zero-order valence-electron chi connectivity index (χ0n) is 11.9. The van der Waals surface area contributed by atoms with Crippen LogP contribution in [0, 0.1) is 5.92 Å². The Labute approximate surface area is 113 Å². The largest absolute Gasteiger partial charge is 0.481 e. The number of anilines is 1. The SMILES string of the molecule is COc1ccc2nc(N)n(CCCCC(C)C)c2n1. The maximum absolute atomic E-state index is 5.96. The predicted molar refractivity (Wildman–Crippen MR) is 77.2 cm³/mol. The number of hydrogen-bond donors (Lipinski definition) is 1. The average molecular weight is 262 g/mol. The first kappa shape index (κ1) is 13.6. The maximum atomic E-state index is 5.96. The number of methoxy groups -OCH3 is 1. The Morgan fingerprint density at radius 2 is 2.05 bits per heavy atom. The summed E-state index contributed by atoms with van der Waals surface area (Å²) in [7, 11) is 1.61. The van der Waals surface area contributed by atoms with Gasteiger partial charge >= 0.3 is 0 Å². The van der Waals surface area contributed by atoms with E-state index < -0.39 is 0 Å². The number of nitrogen functional groups attached to an aromatic ring is 1. The van der Waals surface area contributed by atoms with E-state index in [4.69, 9.17) is 10.5 Å². The van der Waals surface area contributed by atoms with Gasteiger partial charge in [0.1, 0.15) is 5.52 Å². The highest BCUT2D eigenvalue weighted by molar-refractivity contribution is 5.74. The number of unbranched alkanes of at least 4 members (excludes halogenated alkanes) is 1. The van der Waals surface area contributed by atoms with Crippen molar-refractivity contribution < 1.29 is 4.74 Å². The third-order valence-electron chi connectivity index (χ3n) is 3.22. The Bertz CT molecular complexity index is 548. The molecule has 0 aliphatic heterocycles. The fourth-order valence-corrected chi connectivity index (χ4v) is 2.16. The zero-order valence-corrected chi connectivity index (χ0v) is 11.9. The van der Waals surface area contributed by atoms with E-state index >= 15 is 0 Å². The van der Waals surface area contributed by atoms with Crippen LogP contribution in [-0.2, 0) is 6.54 Å². The summed E-state index contributed by atoms with van der Waals surface area (Å²) in [5.41, 5.74) is 7.59. The normalized spacial score (nSPS) is 11.4. The molecule has 0 saturated heterocycles. The van der Waals surface area contributed by atoms with Crippen LogP contribution < -0.4 is 10.5 Å². The standard InChI is InChI=1S/C14H22N4O/c1-10(2)6-4-5-9-18-13-11(16-14(18)15)7-8-12(17-13)19-3/h7-8,10H,4-6,9H2,1-3H3,(H2,15,16). The van der Waals surface area contributed by atoms with Gasteiger partial charge in [-0.1, -0.05) is 26.7 Å². The third-order valence-corrected chi connectivity index (χ3v) is 3.22. The molecule has 0 aliphatic carbocycles. The van der Waals surface area contributed by atoms with Crippen molar-refractivity contribution >= 4 is 17.1 Å². The van der Waals surface area contributed by atoms with E-state index in [0.717, 1.165) is 30.0 Å². The summed E-state index contributed by atoms with van der Waals surface area (Å²) >= 11 is 0. The number of aromatic nitrogens is 3. The Morgan fingerprint density at radius 1 is 1.26 bits per heavy atom. The first-order valence-electron chi connectivity index (χ1n) is 6.78. The van der Waals surface area contributed by atoms with Crippen LogP contribution in [0.5, 0.6) is 5.88 Å². The van der Waals surface area contributed by atoms with E-state index in [1.807, 2.05) is 10.6 Å². The molecule has 2 rings (SSSR count). The smallest absolute Gasteiger partial charge is 0.215 e. The number of rotatable bonds is 6. The summed E-state index contributed by atoms with van der Waals surface area (Å²) in [5.74, 6) is 1.87. The van der Waals surface area contributed by atoms with Crippen molar-refractivity contribution in [2.75, 3.05) is 12.8 Å². The minimum atomic E-state index is 0.528. The summed E-state index contributed by atoms with van der Waals surface area (Å²) in [4.78, 5) is 8.75. The summed E-state index contributed by atoms with van der Waals surface area (Å²) in [6.45, 7) is 5.34. The van der Waals surface area contributed by atoms with E-state index in [-0.39, 0.29) is 0 Å². The molecule has 0 bridgehead atoms. The molecule has 2 aromatic rings. The van der Waals surface area contributed by atoms with Crippen LogP contribution in [0.1, 0.15) is 33.1 Å². The highest BCUT2D eigenvalue weighted by atomic mass is 16.5. The van der Waals surface area contributed by atoms with Crippen molar-refractivity contribution in [1.82, 2.24) is 14.5 Å². The Hall–Kier alpha value is -1.78. The first-order valence-corrected chi connectivity index (χ1v) is 6.78.